The first-order valence-corrected chi connectivity index (χ1v) is 13.4. The molecule has 4 aromatic heterocycles. The molecule has 0 atom stereocenters. The minimum atomic E-state index is 0. The SMILES string of the molecule is Brc1cnc2[nH]ccc2c1.C.C.C.C.OCCN1CCOCC1.c1cc2cc(OCCN3CCOCC3)cnc2[nH]1. The molecular formula is C30H51BrN6O4. The number of aliphatic hydroxyl groups excluding tert-OH is 1. The third kappa shape index (κ3) is 12.9. The number of aromatic amines is 2. The number of morpholine rings is 2. The Morgan fingerprint density at radius 3 is 1.85 bits per heavy atom. The average molecular weight is 640 g/mol. The summed E-state index contributed by atoms with van der Waals surface area (Å²) in [4.78, 5) is 19.1. The van der Waals surface area contributed by atoms with Gasteiger partial charge in [0.25, 0.3) is 0 Å². The molecule has 0 radical (unpaired) electrons. The van der Waals surface area contributed by atoms with Crippen LogP contribution in [0.2, 0.25) is 0 Å². The van der Waals surface area contributed by atoms with Crippen molar-refractivity contribution in [1.29, 1.82) is 0 Å². The lowest BCUT2D eigenvalue weighted by Gasteiger charge is -2.26. The highest BCUT2D eigenvalue weighted by atomic mass is 79.9. The second-order valence-corrected chi connectivity index (χ2v) is 9.55. The number of H-pyrrole nitrogens is 2. The summed E-state index contributed by atoms with van der Waals surface area (Å²) in [5.74, 6) is 0.829. The summed E-state index contributed by atoms with van der Waals surface area (Å²) < 4.78 is 17.2. The van der Waals surface area contributed by atoms with E-state index >= 15 is 0 Å². The van der Waals surface area contributed by atoms with Gasteiger partial charge in [0.05, 0.1) is 39.2 Å². The highest BCUT2D eigenvalue weighted by molar-refractivity contribution is 9.10. The van der Waals surface area contributed by atoms with Gasteiger partial charge in [0, 0.05) is 73.1 Å². The Kier molecular flexibility index (Phi) is 19.9. The molecule has 0 saturated carbocycles. The average Bonchev–Trinajstić information content (AvgIpc) is 3.60. The third-order valence-corrected chi connectivity index (χ3v) is 6.48. The van der Waals surface area contributed by atoms with Crippen LogP contribution in [0.4, 0.5) is 0 Å². The lowest BCUT2D eigenvalue weighted by atomic mass is 10.3. The van der Waals surface area contributed by atoms with Gasteiger partial charge >= 0.3 is 0 Å². The van der Waals surface area contributed by atoms with Gasteiger partial charge in [-0.05, 0) is 40.2 Å². The number of hydrogen-bond acceptors (Lipinski definition) is 8. The molecule has 2 aliphatic rings. The molecule has 4 aromatic rings. The summed E-state index contributed by atoms with van der Waals surface area (Å²) in [6.45, 7) is 9.93. The van der Waals surface area contributed by atoms with Crippen molar-refractivity contribution in [3.8, 4) is 5.75 Å². The highest BCUT2D eigenvalue weighted by Crippen LogP contribution is 2.17. The minimum absolute atomic E-state index is 0. The van der Waals surface area contributed by atoms with Gasteiger partial charge < -0.3 is 29.3 Å². The Morgan fingerprint density at radius 2 is 1.29 bits per heavy atom. The Balaban J connectivity index is 0.000000602. The molecule has 0 unspecified atom stereocenters. The molecule has 6 rings (SSSR count). The van der Waals surface area contributed by atoms with Gasteiger partial charge in [0.1, 0.15) is 23.7 Å². The molecule has 0 aliphatic carbocycles. The molecule has 10 nitrogen and oxygen atoms in total. The number of hydrogen-bond donors (Lipinski definition) is 3. The standard InChI is InChI=1S/C13H17N3O2.C7H5BrN2.C6H13NO2.4CH4/c1-2-14-13-11(1)9-12(10-15-13)18-8-5-16-3-6-17-7-4-16;8-6-3-5-1-2-9-7(5)10-4-6;8-4-1-7-2-5-9-6-3-7;;;;/h1-2,9-10H,3-8H2,(H,14,15);1-4H,(H,9,10);8H,1-6H2;4*1H4. The van der Waals surface area contributed by atoms with Crippen LogP contribution in [-0.4, -0.2) is 114 Å². The van der Waals surface area contributed by atoms with Gasteiger partial charge in [-0.15, -0.1) is 0 Å². The number of nitrogens with zero attached hydrogens (tertiary/aromatic N) is 4. The third-order valence-electron chi connectivity index (χ3n) is 6.04. The van der Waals surface area contributed by atoms with E-state index in [0.717, 1.165) is 98.0 Å². The lowest BCUT2D eigenvalue weighted by Crippen LogP contribution is -2.38. The summed E-state index contributed by atoms with van der Waals surface area (Å²) in [6, 6.07) is 8.03. The van der Waals surface area contributed by atoms with E-state index in [1.54, 1.807) is 12.4 Å². The van der Waals surface area contributed by atoms with Gasteiger partial charge in [-0.25, -0.2) is 9.97 Å². The van der Waals surface area contributed by atoms with Crippen LogP contribution in [-0.2, 0) is 9.47 Å². The number of halogens is 1. The van der Waals surface area contributed by atoms with Crippen LogP contribution in [0.1, 0.15) is 29.7 Å². The predicted molar refractivity (Wildman–Crippen MR) is 174 cm³/mol. The van der Waals surface area contributed by atoms with E-state index in [0.29, 0.717) is 6.61 Å². The normalized spacial score (nSPS) is 15.0. The maximum absolute atomic E-state index is 8.54. The number of pyridine rings is 2. The topological polar surface area (TPSA) is 112 Å². The number of rotatable bonds is 6. The maximum Gasteiger partial charge on any atom is 0.138 e. The van der Waals surface area contributed by atoms with Crippen molar-refractivity contribution in [3.63, 3.8) is 0 Å². The molecule has 232 valence electrons. The van der Waals surface area contributed by atoms with Gasteiger partial charge in [-0.1, -0.05) is 29.7 Å². The molecule has 0 bridgehead atoms. The van der Waals surface area contributed by atoms with E-state index in [4.69, 9.17) is 19.3 Å². The number of ether oxygens (including phenoxy) is 3. The van der Waals surface area contributed by atoms with E-state index in [-0.39, 0.29) is 36.3 Å². The van der Waals surface area contributed by atoms with Gasteiger partial charge in [0.2, 0.25) is 0 Å². The molecular weight excluding hydrogens is 588 g/mol. The zero-order chi connectivity index (χ0) is 25.7. The molecule has 2 fully saturated rings. The molecule has 3 N–H and O–H groups in total. The number of β-amino-alcohol motifs (C(OH)–C–C–N with tert-alkyl or cyclic N) is 1. The second kappa shape index (κ2) is 21.2. The number of nitrogens with one attached hydrogen (secondary N) is 2. The summed E-state index contributed by atoms with van der Waals surface area (Å²) in [5, 5.41) is 10.8. The van der Waals surface area contributed by atoms with Crippen molar-refractivity contribution in [3.05, 3.63) is 53.5 Å². The molecule has 6 heterocycles. The Hall–Kier alpha value is -2.54. The van der Waals surface area contributed by atoms with Crippen LogP contribution in [0.5, 0.6) is 5.75 Å². The quantitative estimate of drug-likeness (QED) is 0.255. The summed E-state index contributed by atoms with van der Waals surface area (Å²) in [6.07, 6.45) is 7.30. The van der Waals surface area contributed by atoms with Crippen LogP contribution in [0.3, 0.4) is 0 Å². The van der Waals surface area contributed by atoms with Crippen molar-refractivity contribution in [1.82, 2.24) is 29.7 Å². The monoisotopic (exact) mass is 638 g/mol. The summed E-state index contributed by atoms with van der Waals surface area (Å²) in [5.41, 5.74) is 1.83. The Labute approximate surface area is 254 Å². The lowest BCUT2D eigenvalue weighted by molar-refractivity contribution is 0.0306. The first kappa shape index (κ1) is 38.5. The number of fused-ring (bicyclic) bond motifs is 2. The van der Waals surface area contributed by atoms with Crippen LogP contribution < -0.4 is 4.74 Å². The highest BCUT2D eigenvalue weighted by Gasteiger charge is 2.10. The van der Waals surface area contributed by atoms with E-state index in [1.807, 2.05) is 36.7 Å². The smallest absolute Gasteiger partial charge is 0.138 e. The van der Waals surface area contributed by atoms with Crippen molar-refractivity contribution in [2.45, 2.75) is 29.7 Å². The second-order valence-electron chi connectivity index (χ2n) is 8.64. The van der Waals surface area contributed by atoms with Crippen molar-refractivity contribution >= 4 is 38.0 Å². The fourth-order valence-corrected chi connectivity index (χ4v) is 4.34. The Morgan fingerprint density at radius 1 is 0.780 bits per heavy atom. The first-order valence-electron chi connectivity index (χ1n) is 12.6. The van der Waals surface area contributed by atoms with E-state index in [1.165, 1.54) is 0 Å². The van der Waals surface area contributed by atoms with Crippen LogP contribution in [0.25, 0.3) is 22.1 Å². The number of aromatic nitrogens is 4. The van der Waals surface area contributed by atoms with E-state index < -0.39 is 0 Å². The van der Waals surface area contributed by atoms with Crippen molar-refractivity contribution in [2.75, 3.05) is 78.9 Å². The fourth-order valence-electron chi connectivity index (χ4n) is 4.00. The number of aliphatic hydroxyl groups is 1. The predicted octanol–water partition coefficient (Wildman–Crippen LogP) is 5.45. The van der Waals surface area contributed by atoms with Crippen molar-refractivity contribution in [2.24, 2.45) is 0 Å². The van der Waals surface area contributed by atoms with Crippen LogP contribution in [0.15, 0.2) is 53.5 Å². The largest absolute Gasteiger partial charge is 0.491 e. The molecule has 0 aromatic carbocycles. The van der Waals surface area contributed by atoms with Crippen molar-refractivity contribution < 1.29 is 19.3 Å². The molecule has 11 heteroatoms. The molecule has 2 saturated heterocycles. The first-order chi connectivity index (χ1) is 18.2. The fraction of sp³-hybridized carbons (Fsp3) is 0.533. The molecule has 0 spiro atoms. The van der Waals surface area contributed by atoms with E-state index in [2.05, 4.69) is 45.7 Å². The molecule has 41 heavy (non-hydrogen) atoms. The minimum Gasteiger partial charge on any atom is -0.491 e. The maximum atomic E-state index is 8.54. The zero-order valence-electron chi connectivity index (χ0n) is 20.9. The zero-order valence-corrected chi connectivity index (χ0v) is 22.5. The van der Waals surface area contributed by atoms with Gasteiger partial charge in [-0.3, -0.25) is 9.80 Å². The molecule has 2 aliphatic heterocycles. The van der Waals surface area contributed by atoms with Gasteiger partial charge in [-0.2, -0.15) is 0 Å². The van der Waals surface area contributed by atoms with Crippen LogP contribution >= 0.6 is 15.9 Å². The summed E-state index contributed by atoms with van der Waals surface area (Å²) >= 11 is 3.34. The summed E-state index contributed by atoms with van der Waals surface area (Å²) in [7, 11) is 0. The molecule has 0 amide bonds. The Bertz CT molecular complexity index is 1190. The van der Waals surface area contributed by atoms with Crippen LogP contribution in [0, 0.1) is 0 Å². The van der Waals surface area contributed by atoms with Gasteiger partial charge in [0.15, 0.2) is 0 Å². The van der Waals surface area contributed by atoms with E-state index in [9.17, 15) is 0 Å².